The van der Waals surface area contributed by atoms with Crippen LogP contribution in [0.1, 0.15) is 29.7 Å². The summed E-state index contributed by atoms with van der Waals surface area (Å²) in [6.07, 6.45) is 2.93. The van der Waals surface area contributed by atoms with Crippen molar-refractivity contribution in [2.75, 3.05) is 7.11 Å². The zero-order valence-corrected chi connectivity index (χ0v) is 10.9. The Labute approximate surface area is 107 Å². The fourth-order valence-corrected chi connectivity index (χ4v) is 1.96. The summed E-state index contributed by atoms with van der Waals surface area (Å²) in [6.45, 7) is 4.78. The predicted octanol–water partition coefficient (Wildman–Crippen LogP) is 2.30. The Morgan fingerprint density at radius 3 is 2.78 bits per heavy atom. The average Bonchev–Trinajstić information content (AvgIpc) is 2.86. The van der Waals surface area contributed by atoms with Gasteiger partial charge in [0.15, 0.2) is 0 Å². The number of rotatable bonds is 4. The Balaban J connectivity index is 2.30. The summed E-state index contributed by atoms with van der Waals surface area (Å²) in [4.78, 5) is 0. The quantitative estimate of drug-likeness (QED) is 0.900. The van der Waals surface area contributed by atoms with Gasteiger partial charge in [0.2, 0.25) is 0 Å². The number of hydrogen-bond donors (Lipinski definition) is 1. The molecular weight excluding hydrogens is 228 g/mol. The van der Waals surface area contributed by atoms with Gasteiger partial charge in [-0.2, -0.15) is 5.10 Å². The van der Waals surface area contributed by atoms with E-state index in [4.69, 9.17) is 4.74 Å². The second-order valence-corrected chi connectivity index (χ2v) is 4.25. The Hall–Kier alpha value is -1.81. The van der Waals surface area contributed by atoms with Crippen LogP contribution in [0.4, 0.5) is 0 Å². The molecule has 1 aromatic heterocycles. The molecule has 0 spiro atoms. The molecule has 4 heteroatoms. The molecule has 2 aromatic rings. The number of aryl methyl sites for hydroxylation is 2. The van der Waals surface area contributed by atoms with Gasteiger partial charge in [-0.25, -0.2) is 0 Å². The fraction of sp³-hybridized carbons (Fsp3) is 0.357. The van der Waals surface area contributed by atoms with Crippen LogP contribution in [0.3, 0.4) is 0 Å². The van der Waals surface area contributed by atoms with Crippen molar-refractivity contribution < 1.29 is 9.84 Å². The van der Waals surface area contributed by atoms with E-state index in [0.29, 0.717) is 0 Å². The molecule has 1 aromatic carbocycles. The molecule has 1 N–H and O–H groups in total. The van der Waals surface area contributed by atoms with E-state index in [9.17, 15) is 5.11 Å². The maximum atomic E-state index is 10.4. The standard InChI is InChI=1S/C14H18N2O2/c1-4-16-9-11(8-15-16)14(17)13-6-5-12(18-3)7-10(13)2/h5-9,14,17H,4H2,1-3H3. The van der Waals surface area contributed by atoms with E-state index in [1.807, 2.05) is 38.2 Å². The summed E-state index contributed by atoms with van der Waals surface area (Å²) in [5.41, 5.74) is 2.70. The second-order valence-electron chi connectivity index (χ2n) is 4.25. The minimum absolute atomic E-state index is 0.642. The van der Waals surface area contributed by atoms with Crippen molar-refractivity contribution in [2.24, 2.45) is 0 Å². The van der Waals surface area contributed by atoms with Crippen molar-refractivity contribution in [1.82, 2.24) is 9.78 Å². The number of methoxy groups -OCH3 is 1. The minimum atomic E-state index is -0.642. The van der Waals surface area contributed by atoms with Crippen molar-refractivity contribution in [3.05, 3.63) is 47.3 Å². The van der Waals surface area contributed by atoms with Crippen molar-refractivity contribution in [1.29, 1.82) is 0 Å². The number of benzene rings is 1. The number of hydrogen-bond acceptors (Lipinski definition) is 3. The first-order valence-corrected chi connectivity index (χ1v) is 6.00. The topological polar surface area (TPSA) is 47.3 Å². The highest BCUT2D eigenvalue weighted by atomic mass is 16.5. The Kier molecular flexibility index (Phi) is 3.67. The zero-order chi connectivity index (χ0) is 13.1. The molecule has 0 bridgehead atoms. The van der Waals surface area contributed by atoms with Gasteiger partial charge in [0.25, 0.3) is 0 Å². The van der Waals surface area contributed by atoms with E-state index in [0.717, 1.165) is 29.0 Å². The predicted molar refractivity (Wildman–Crippen MR) is 69.7 cm³/mol. The summed E-state index contributed by atoms with van der Waals surface area (Å²) < 4.78 is 6.96. The number of aliphatic hydroxyl groups excluding tert-OH is 1. The fourth-order valence-electron chi connectivity index (χ4n) is 1.96. The van der Waals surface area contributed by atoms with E-state index >= 15 is 0 Å². The van der Waals surface area contributed by atoms with Crippen molar-refractivity contribution in [3.63, 3.8) is 0 Å². The van der Waals surface area contributed by atoms with Gasteiger partial charge in [-0.15, -0.1) is 0 Å². The van der Waals surface area contributed by atoms with Crippen LogP contribution < -0.4 is 4.74 Å². The highest BCUT2D eigenvalue weighted by Gasteiger charge is 2.15. The molecule has 0 amide bonds. The van der Waals surface area contributed by atoms with Gasteiger partial charge >= 0.3 is 0 Å². The largest absolute Gasteiger partial charge is 0.497 e. The molecule has 1 atom stereocenters. The first-order chi connectivity index (χ1) is 8.65. The molecule has 0 aliphatic heterocycles. The third kappa shape index (κ3) is 2.38. The summed E-state index contributed by atoms with van der Waals surface area (Å²) >= 11 is 0. The lowest BCUT2D eigenvalue weighted by atomic mass is 9.99. The third-order valence-corrected chi connectivity index (χ3v) is 3.06. The molecule has 0 aliphatic carbocycles. The van der Waals surface area contributed by atoms with Crippen LogP contribution >= 0.6 is 0 Å². The van der Waals surface area contributed by atoms with Gasteiger partial charge in [0.05, 0.1) is 13.3 Å². The lowest BCUT2D eigenvalue weighted by Crippen LogP contribution is -2.01. The maximum absolute atomic E-state index is 10.4. The average molecular weight is 246 g/mol. The van der Waals surface area contributed by atoms with E-state index < -0.39 is 6.10 Å². The molecule has 18 heavy (non-hydrogen) atoms. The first kappa shape index (κ1) is 12.6. The number of nitrogens with zero attached hydrogens (tertiary/aromatic N) is 2. The van der Waals surface area contributed by atoms with E-state index in [2.05, 4.69) is 5.10 Å². The van der Waals surface area contributed by atoms with Gasteiger partial charge in [-0.3, -0.25) is 4.68 Å². The Morgan fingerprint density at radius 1 is 1.44 bits per heavy atom. The third-order valence-electron chi connectivity index (χ3n) is 3.06. The summed E-state index contributed by atoms with van der Waals surface area (Å²) in [7, 11) is 1.64. The molecule has 0 radical (unpaired) electrons. The van der Waals surface area contributed by atoms with Gasteiger partial charge < -0.3 is 9.84 Å². The highest BCUT2D eigenvalue weighted by molar-refractivity contribution is 5.39. The van der Waals surface area contributed by atoms with Gasteiger partial charge in [-0.05, 0) is 37.1 Å². The number of aromatic nitrogens is 2. The van der Waals surface area contributed by atoms with Crippen molar-refractivity contribution in [2.45, 2.75) is 26.5 Å². The van der Waals surface area contributed by atoms with Crippen LogP contribution in [0.2, 0.25) is 0 Å². The number of ether oxygens (including phenoxy) is 1. The molecule has 2 rings (SSSR count). The van der Waals surface area contributed by atoms with Crippen LogP contribution in [0.15, 0.2) is 30.6 Å². The molecule has 0 saturated carbocycles. The van der Waals surface area contributed by atoms with E-state index in [1.54, 1.807) is 18.0 Å². The Bertz CT molecular complexity index is 534. The molecular formula is C14H18N2O2. The molecule has 4 nitrogen and oxygen atoms in total. The SMILES string of the molecule is CCn1cc(C(O)c2ccc(OC)cc2C)cn1. The van der Waals surface area contributed by atoms with E-state index in [1.165, 1.54) is 0 Å². The highest BCUT2D eigenvalue weighted by Crippen LogP contribution is 2.27. The van der Waals surface area contributed by atoms with Crippen molar-refractivity contribution in [3.8, 4) is 5.75 Å². The normalized spacial score (nSPS) is 12.4. The van der Waals surface area contributed by atoms with Crippen LogP contribution in [-0.4, -0.2) is 22.0 Å². The minimum Gasteiger partial charge on any atom is -0.497 e. The summed E-state index contributed by atoms with van der Waals surface area (Å²) in [6, 6.07) is 5.67. The summed E-state index contributed by atoms with van der Waals surface area (Å²) in [5.74, 6) is 0.799. The smallest absolute Gasteiger partial charge is 0.119 e. The lowest BCUT2D eigenvalue weighted by Gasteiger charge is -2.13. The van der Waals surface area contributed by atoms with Crippen molar-refractivity contribution >= 4 is 0 Å². The number of aliphatic hydroxyl groups is 1. The molecule has 0 aliphatic rings. The monoisotopic (exact) mass is 246 g/mol. The molecule has 96 valence electrons. The first-order valence-electron chi connectivity index (χ1n) is 6.00. The van der Waals surface area contributed by atoms with Gasteiger partial charge in [0.1, 0.15) is 11.9 Å². The molecule has 0 fully saturated rings. The van der Waals surface area contributed by atoms with Gasteiger partial charge in [-0.1, -0.05) is 6.07 Å². The molecule has 1 heterocycles. The molecule has 1 unspecified atom stereocenters. The zero-order valence-electron chi connectivity index (χ0n) is 10.9. The lowest BCUT2D eigenvalue weighted by molar-refractivity contribution is 0.219. The van der Waals surface area contributed by atoms with Gasteiger partial charge in [0, 0.05) is 18.3 Å². The van der Waals surface area contributed by atoms with E-state index in [-0.39, 0.29) is 0 Å². The summed E-state index contributed by atoms with van der Waals surface area (Å²) in [5, 5.41) is 14.5. The Morgan fingerprint density at radius 2 is 2.22 bits per heavy atom. The van der Waals surface area contributed by atoms with Crippen LogP contribution in [-0.2, 0) is 6.54 Å². The van der Waals surface area contributed by atoms with Crippen LogP contribution in [0.25, 0.3) is 0 Å². The maximum Gasteiger partial charge on any atom is 0.119 e. The van der Waals surface area contributed by atoms with Crippen LogP contribution in [0, 0.1) is 6.92 Å². The molecule has 0 saturated heterocycles. The second kappa shape index (κ2) is 5.23. The van der Waals surface area contributed by atoms with Crippen LogP contribution in [0.5, 0.6) is 5.75 Å².